The maximum Gasteiger partial charge on any atom is 0.310 e. The van der Waals surface area contributed by atoms with Crippen LogP contribution >= 0.6 is 7.82 Å². The molecule has 24 nitrogen and oxygen atoms in total. The number of carbonyl (C=O) groups is 6. The van der Waals surface area contributed by atoms with Gasteiger partial charge < -0.3 is 83.6 Å². The minimum absolute atomic E-state index is 0.100. The smallest absolute Gasteiger partial charge is 0.310 e. The number of phosphoric acid groups is 1. The highest BCUT2D eigenvalue weighted by atomic mass is 31.2. The lowest BCUT2D eigenvalue weighted by Gasteiger charge is -2.47. The van der Waals surface area contributed by atoms with Gasteiger partial charge >= 0.3 is 23.9 Å². The number of ether oxygens (including phenoxy) is 7. The molecule has 15 atom stereocenters. The SMILES string of the molecule is CCCCCCCCCCCC(O)CC(=O)NC1[C@@H](OC(=O)CC(O)CCCCCCCCCCC)[C@H](O)C(CO[C@@H]2OC(CO)[C@@H](OP(=O)([O-])O)[C@H](OC(=O)CC(CCCCCCCCCCC)OC(=O)CCCCCCCCC)C2NC(=O)CC(CCCCCCCCCCC)OC(=O)CCCCCCCCC)O[C@@H]1O. The van der Waals surface area contributed by atoms with Crippen molar-refractivity contribution in [1.82, 2.24) is 10.6 Å². The third-order valence-electron chi connectivity index (χ3n) is 22.1. The summed E-state index contributed by atoms with van der Waals surface area (Å²) in [5.41, 5.74) is 0. The molecular weight excluding hydrogens is 1470 g/mol. The van der Waals surface area contributed by atoms with Crippen LogP contribution in [0.15, 0.2) is 0 Å². The quantitative estimate of drug-likeness (QED) is 0.0121. The van der Waals surface area contributed by atoms with Crippen molar-refractivity contribution >= 4 is 43.5 Å². The Hall–Kier alpha value is -3.39. The van der Waals surface area contributed by atoms with Gasteiger partial charge in [0.25, 0.3) is 7.82 Å². The molecule has 25 heteroatoms. The van der Waals surface area contributed by atoms with E-state index in [0.717, 1.165) is 238 Å². The van der Waals surface area contributed by atoms with Gasteiger partial charge in [0.1, 0.15) is 48.7 Å². The fourth-order valence-electron chi connectivity index (χ4n) is 15.3. The van der Waals surface area contributed by atoms with Crippen LogP contribution in [-0.2, 0) is 71.0 Å². The Morgan fingerprint density at radius 3 is 1.11 bits per heavy atom. The molecule has 9 unspecified atom stereocenters. The molecule has 0 aliphatic carbocycles. The van der Waals surface area contributed by atoms with Crippen molar-refractivity contribution in [2.24, 2.45) is 0 Å². The first-order chi connectivity index (χ1) is 54.6. The number of nitrogens with one attached hydrogen (secondary N) is 2. The van der Waals surface area contributed by atoms with Gasteiger partial charge in [0.15, 0.2) is 24.8 Å². The van der Waals surface area contributed by atoms with Crippen LogP contribution in [0.25, 0.3) is 0 Å². The van der Waals surface area contributed by atoms with E-state index in [4.69, 9.17) is 37.7 Å². The Morgan fingerprint density at radius 2 is 0.717 bits per heavy atom. The molecule has 2 saturated heterocycles. The minimum Gasteiger partial charge on any atom is -0.756 e. The summed E-state index contributed by atoms with van der Waals surface area (Å²) < 4.78 is 61.1. The van der Waals surface area contributed by atoms with Crippen LogP contribution in [0, 0.1) is 0 Å². The van der Waals surface area contributed by atoms with E-state index in [1.807, 2.05) is 0 Å². The fraction of sp³-hybridized carbons (Fsp3) is 0.932. The topological polar surface area (TPSA) is 362 Å². The predicted octanol–water partition coefficient (Wildman–Crippen LogP) is 17.5. The van der Waals surface area contributed by atoms with Gasteiger partial charge in [-0.15, -0.1) is 0 Å². The molecule has 0 spiro atoms. The summed E-state index contributed by atoms with van der Waals surface area (Å²) in [6, 6.07) is -3.50. The van der Waals surface area contributed by atoms with Gasteiger partial charge in [-0.1, -0.05) is 337 Å². The standard InChI is InChI=1S/C88H165N2O22P/c1-7-13-19-25-31-35-41-45-51-57-69(92)63-75(94)89-81-85(110-79(98)64-70(93)58-52-46-42-36-32-26-20-14-8-2)83(100)74(108-87(81)101)68-105-88-82(90-76(95)65-71(59-53-47-43-37-33-27-21-15-9-3)106-77(96)61-55-49-39-29-23-17-11-5)86(84(73(67-91)109-88)112-113(102,103)104)111-80(99)66-72(60-54-48-44-38-34-28-22-16-10-4)107-78(97)62-56-50-40-30-24-18-12-6/h69-74,81-88,91-93,100-101H,7-68H2,1-6H3,(H,89,94)(H,90,95)(H2,102,103,104)/p-1/t69?,70?,71?,72?,73?,74?,81?,82?,83-,84-,85-,86-,87+,88-/m1/s1. The van der Waals surface area contributed by atoms with Gasteiger partial charge in [0, 0.05) is 12.8 Å². The number of amides is 2. The summed E-state index contributed by atoms with van der Waals surface area (Å²) in [7, 11) is -5.86. The number of esters is 4. The summed E-state index contributed by atoms with van der Waals surface area (Å²) in [6.07, 6.45) is 29.9. The van der Waals surface area contributed by atoms with Crippen molar-refractivity contribution in [3.05, 3.63) is 0 Å². The van der Waals surface area contributed by atoms with E-state index in [-0.39, 0.29) is 32.1 Å². The van der Waals surface area contributed by atoms with Gasteiger partial charge in [0.2, 0.25) is 11.8 Å². The van der Waals surface area contributed by atoms with Crippen LogP contribution in [0.2, 0.25) is 0 Å². The molecule has 0 aromatic rings. The zero-order valence-corrected chi connectivity index (χ0v) is 72.5. The average molecular weight is 1630 g/mol. The lowest BCUT2D eigenvalue weighted by atomic mass is 9.95. The Kier molecular flexibility index (Phi) is 64.9. The molecule has 664 valence electrons. The second kappa shape index (κ2) is 69.4. The number of aliphatic hydroxyl groups is 5. The van der Waals surface area contributed by atoms with Gasteiger partial charge in [-0.3, -0.25) is 33.3 Å². The molecule has 2 aliphatic rings. The number of unbranched alkanes of at least 4 members (excludes halogenated alkanes) is 44. The normalized spacial score (nSPS) is 21.4. The highest BCUT2D eigenvalue weighted by Crippen LogP contribution is 2.40. The zero-order chi connectivity index (χ0) is 83.0. The first-order valence-corrected chi connectivity index (χ1v) is 47.5. The van der Waals surface area contributed by atoms with Crippen molar-refractivity contribution in [2.75, 3.05) is 13.2 Å². The Morgan fingerprint density at radius 1 is 0.389 bits per heavy atom. The van der Waals surface area contributed by atoms with Crippen LogP contribution in [0.5, 0.6) is 0 Å². The third kappa shape index (κ3) is 54.4. The second-order valence-electron chi connectivity index (χ2n) is 32.8. The van der Waals surface area contributed by atoms with Crippen LogP contribution in [-0.4, -0.2) is 165 Å². The summed E-state index contributed by atoms with van der Waals surface area (Å²) in [5, 5.41) is 62.9. The first kappa shape index (κ1) is 106. The van der Waals surface area contributed by atoms with Crippen molar-refractivity contribution in [3.8, 4) is 0 Å². The molecular formula is C88H164N2O22P-. The Bertz CT molecular complexity index is 2410. The number of carbonyl (C=O) groups excluding carboxylic acids is 6. The van der Waals surface area contributed by atoms with Crippen molar-refractivity contribution in [1.29, 1.82) is 0 Å². The van der Waals surface area contributed by atoms with E-state index in [1.54, 1.807) is 0 Å². The molecule has 113 heavy (non-hydrogen) atoms. The average Bonchev–Trinajstić information content (AvgIpc) is 0.782. The summed E-state index contributed by atoms with van der Waals surface area (Å²) in [5.74, 6) is -4.64. The fourth-order valence-corrected chi connectivity index (χ4v) is 15.9. The third-order valence-corrected chi connectivity index (χ3v) is 22.6. The van der Waals surface area contributed by atoms with E-state index < -0.39 is 168 Å². The molecule has 0 saturated carbocycles. The number of hydrogen-bond acceptors (Lipinski definition) is 21. The molecule has 2 rings (SSSR count). The van der Waals surface area contributed by atoms with E-state index >= 15 is 4.79 Å². The van der Waals surface area contributed by atoms with Crippen LogP contribution in [0.3, 0.4) is 0 Å². The minimum atomic E-state index is -5.86. The Labute approximate surface area is 683 Å². The van der Waals surface area contributed by atoms with Crippen LogP contribution in [0.4, 0.5) is 0 Å². The van der Waals surface area contributed by atoms with E-state index in [9.17, 15) is 63.9 Å². The maximum absolute atomic E-state index is 15.0. The highest BCUT2D eigenvalue weighted by Gasteiger charge is 2.53. The molecule has 0 bridgehead atoms. The zero-order valence-electron chi connectivity index (χ0n) is 71.6. The summed E-state index contributed by atoms with van der Waals surface area (Å²) in [6.45, 7) is 11.1. The maximum atomic E-state index is 15.0. The Balaban J connectivity index is 2.73. The largest absolute Gasteiger partial charge is 0.756 e. The van der Waals surface area contributed by atoms with Crippen molar-refractivity contribution < 1.29 is 106 Å². The van der Waals surface area contributed by atoms with E-state index in [0.29, 0.717) is 44.9 Å². The van der Waals surface area contributed by atoms with E-state index in [1.165, 1.54) is 44.9 Å². The molecule has 2 fully saturated rings. The summed E-state index contributed by atoms with van der Waals surface area (Å²) in [4.78, 5) is 108. The first-order valence-electron chi connectivity index (χ1n) is 46.0. The number of rotatable bonds is 76. The van der Waals surface area contributed by atoms with Gasteiger partial charge in [-0.05, 0) is 51.4 Å². The van der Waals surface area contributed by atoms with Crippen LogP contribution < -0.4 is 15.5 Å². The molecule has 0 aromatic carbocycles. The monoisotopic (exact) mass is 1630 g/mol. The second-order valence-corrected chi connectivity index (χ2v) is 34.0. The number of hydrogen-bond donors (Lipinski definition) is 8. The van der Waals surface area contributed by atoms with Crippen LogP contribution in [0.1, 0.15) is 427 Å². The molecule has 0 radical (unpaired) electrons. The lowest BCUT2D eigenvalue weighted by molar-refractivity contribution is -0.304. The molecule has 2 heterocycles. The summed E-state index contributed by atoms with van der Waals surface area (Å²) >= 11 is 0. The highest BCUT2D eigenvalue weighted by molar-refractivity contribution is 7.44. The van der Waals surface area contributed by atoms with Crippen molar-refractivity contribution in [3.63, 3.8) is 0 Å². The van der Waals surface area contributed by atoms with Gasteiger partial charge in [0.05, 0.1) is 51.1 Å². The molecule has 2 aliphatic heterocycles. The van der Waals surface area contributed by atoms with Crippen molar-refractivity contribution in [2.45, 2.75) is 512 Å². The van der Waals surface area contributed by atoms with Gasteiger partial charge in [-0.2, -0.15) is 0 Å². The predicted molar refractivity (Wildman–Crippen MR) is 440 cm³/mol. The van der Waals surface area contributed by atoms with E-state index in [2.05, 4.69) is 52.2 Å². The van der Waals surface area contributed by atoms with Gasteiger partial charge in [-0.25, -0.2) is 0 Å². The lowest BCUT2D eigenvalue weighted by Crippen LogP contribution is -2.68. The number of phosphoric ester groups is 1. The molecule has 8 N–H and O–H groups in total. The molecule has 0 aromatic heterocycles. The molecule has 2 amide bonds. The number of aliphatic hydroxyl groups excluding tert-OH is 5.